The summed E-state index contributed by atoms with van der Waals surface area (Å²) in [5, 5.41) is 0. The maximum absolute atomic E-state index is 5.10. The molecule has 1 heteroatoms. The molecule has 1 aliphatic rings. The zero-order valence-electron chi connectivity index (χ0n) is 7.92. The molecule has 0 radical (unpaired) electrons. The average Bonchev–Trinajstić information content (AvgIpc) is 3.00. The van der Waals surface area contributed by atoms with Crippen molar-refractivity contribution in [2.75, 3.05) is 7.11 Å². The average molecular weight is 174 g/mol. The number of hydrogen-bond donors (Lipinski definition) is 0. The molecule has 0 amide bonds. The third-order valence-electron chi connectivity index (χ3n) is 2.53. The summed E-state index contributed by atoms with van der Waals surface area (Å²) in [6, 6.07) is 8.14. The minimum atomic E-state index is 0.744. The fourth-order valence-corrected chi connectivity index (χ4v) is 1.47. The Kier molecular flexibility index (Phi) is 2.09. The van der Waals surface area contributed by atoms with Crippen molar-refractivity contribution < 1.29 is 4.74 Å². The molecule has 1 saturated carbocycles. The molecule has 1 aliphatic carbocycles. The van der Waals surface area contributed by atoms with Gasteiger partial charge in [0.2, 0.25) is 0 Å². The van der Waals surface area contributed by atoms with E-state index in [9.17, 15) is 0 Å². The molecule has 13 heavy (non-hydrogen) atoms. The summed E-state index contributed by atoms with van der Waals surface area (Å²) in [5.41, 5.74) is 2.53. The number of methoxy groups -OCH3 is 1. The highest BCUT2D eigenvalue weighted by molar-refractivity contribution is 5.67. The quantitative estimate of drug-likeness (QED) is 0.684. The molecular formula is C12H14O. The molecule has 0 unspecified atom stereocenters. The van der Waals surface area contributed by atoms with Gasteiger partial charge in [0.05, 0.1) is 7.11 Å². The SMILES string of the molecule is C=C(c1ccc(OC)cc1)C1CC1. The van der Waals surface area contributed by atoms with Crippen molar-refractivity contribution in [2.24, 2.45) is 5.92 Å². The molecule has 0 bridgehead atoms. The Bertz CT molecular complexity index is 306. The molecule has 0 heterocycles. The maximum Gasteiger partial charge on any atom is 0.118 e. The van der Waals surface area contributed by atoms with Gasteiger partial charge in [0.25, 0.3) is 0 Å². The van der Waals surface area contributed by atoms with E-state index in [4.69, 9.17) is 4.74 Å². The molecule has 0 N–H and O–H groups in total. The maximum atomic E-state index is 5.10. The number of benzene rings is 1. The second-order valence-corrected chi connectivity index (χ2v) is 3.53. The van der Waals surface area contributed by atoms with E-state index >= 15 is 0 Å². The second-order valence-electron chi connectivity index (χ2n) is 3.53. The van der Waals surface area contributed by atoms with Crippen LogP contribution < -0.4 is 4.74 Å². The fraction of sp³-hybridized carbons (Fsp3) is 0.333. The van der Waals surface area contributed by atoms with Gasteiger partial charge in [-0.05, 0) is 42.0 Å². The summed E-state index contributed by atoms with van der Waals surface area (Å²) in [4.78, 5) is 0. The van der Waals surface area contributed by atoms with E-state index in [1.165, 1.54) is 24.0 Å². The van der Waals surface area contributed by atoms with Crippen molar-refractivity contribution >= 4 is 5.57 Å². The molecule has 1 nitrogen and oxygen atoms in total. The van der Waals surface area contributed by atoms with Crippen LogP contribution in [0, 0.1) is 5.92 Å². The summed E-state index contributed by atoms with van der Waals surface area (Å²) in [7, 11) is 1.69. The summed E-state index contributed by atoms with van der Waals surface area (Å²) < 4.78 is 5.10. The Labute approximate surface area is 79.0 Å². The van der Waals surface area contributed by atoms with Crippen molar-refractivity contribution in [3.63, 3.8) is 0 Å². The predicted octanol–water partition coefficient (Wildman–Crippen LogP) is 3.12. The number of hydrogen-bond acceptors (Lipinski definition) is 1. The van der Waals surface area contributed by atoms with E-state index < -0.39 is 0 Å². The lowest BCUT2D eigenvalue weighted by molar-refractivity contribution is 0.415. The standard InChI is InChI=1S/C12H14O/c1-9(10-3-4-10)11-5-7-12(13-2)8-6-11/h5-8,10H,1,3-4H2,2H3. The first kappa shape index (κ1) is 8.36. The number of rotatable bonds is 3. The van der Waals surface area contributed by atoms with Crippen molar-refractivity contribution in [3.05, 3.63) is 36.4 Å². The Balaban J connectivity index is 2.16. The van der Waals surface area contributed by atoms with Crippen molar-refractivity contribution in [1.82, 2.24) is 0 Å². The summed E-state index contributed by atoms with van der Waals surface area (Å²) in [6.07, 6.45) is 2.62. The molecule has 1 aromatic rings. The molecule has 0 saturated heterocycles. The van der Waals surface area contributed by atoms with Gasteiger partial charge in [0.15, 0.2) is 0 Å². The van der Waals surface area contributed by atoms with Crippen LogP contribution in [0.2, 0.25) is 0 Å². The van der Waals surface area contributed by atoms with Crippen molar-refractivity contribution in [2.45, 2.75) is 12.8 Å². The van der Waals surface area contributed by atoms with Crippen LogP contribution in [0.5, 0.6) is 5.75 Å². The van der Waals surface area contributed by atoms with Crippen LogP contribution >= 0.6 is 0 Å². The molecule has 68 valence electrons. The van der Waals surface area contributed by atoms with E-state index in [1.54, 1.807) is 7.11 Å². The van der Waals surface area contributed by atoms with E-state index in [0.717, 1.165) is 11.7 Å². The predicted molar refractivity (Wildman–Crippen MR) is 54.8 cm³/mol. The van der Waals surface area contributed by atoms with Crippen LogP contribution in [0.3, 0.4) is 0 Å². The lowest BCUT2D eigenvalue weighted by Crippen LogP contribution is -1.86. The molecule has 0 spiro atoms. The molecule has 0 aromatic heterocycles. The largest absolute Gasteiger partial charge is 0.497 e. The van der Waals surface area contributed by atoms with Gasteiger partial charge in [-0.1, -0.05) is 18.7 Å². The van der Waals surface area contributed by atoms with Gasteiger partial charge in [-0.15, -0.1) is 0 Å². The zero-order chi connectivity index (χ0) is 9.26. The smallest absolute Gasteiger partial charge is 0.118 e. The highest BCUT2D eigenvalue weighted by Crippen LogP contribution is 2.40. The highest BCUT2D eigenvalue weighted by Gasteiger charge is 2.25. The Morgan fingerprint density at radius 2 is 1.92 bits per heavy atom. The van der Waals surface area contributed by atoms with Gasteiger partial charge < -0.3 is 4.74 Å². The van der Waals surface area contributed by atoms with Gasteiger partial charge in [0.1, 0.15) is 5.75 Å². The van der Waals surface area contributed by atoms with Crippen LogP contribution in [-0.4, -0.2) is 7.11 Å². The highest BCUT2D eigenvalue weighted by atomic mass is 16.5. The topological polar surface area (TPSA) is 9.23 Å². The normalized spacial score (nSPS) is 15.5. The summed E-state index contributed by atoms with van der Waals surface area (Å²) in [6.45, 7) is 4.10. The first-order chi connectivity index (χ1) is 6.31. The van der Waals surface area contributed by atoms with Crippen LogP contribution in [0.25, 0.3) is 5.57 Å². The van der Waals surface area contributed by atoms with Gasteiger partial charge in [-0.25, -0.2) is 0 Å². The zero-order valence-corrected chi connectivity index (χ0v) is 7.92. The summed E-state index contributed by atoms with van der Waals surface area (Å²) in [5.74, 6) is 1.65. The fourth-order valence-electron chi connectivity index (χ4n) is 1.47. The van der Waals surface area contributed by atoms with Gasteiger partial charge >= 0.3 is 0 Å². The molecular weight excluding hydrogens is 160 g/mol. The van der Waals surface area contributed by atoms with Crippen LogP contribution in [0.15, 0.2) is 30.8 Å². The molecule has 1 fully saturated rings. The third kappa shape index (κ3) is 1.74. The first-order valence-electron chi connectivity index (χ1n) is 4.64. The molecule has 2 rings (SSSR count). The van der Waals surface area contributed by atoms with Crippen LogP contribution in [0.4, 0.5) is 0 Å². The Hall–Kier alpha value is -1.24. The van der Waals surface area contributed by atoms with Crippen molar-refractivity contribution in [1.29, 1.82) is 0 Å². The molecule has 1 aromatic carbocycles. The minimum absolute atomic E-state index is 0.744. The molecule has 0 atom stereocenters. The number of ether oxygens (including phenoxy) is 1. The Morgan fingerprint density at radius 1 is 1.31 bits per heavy atom. The summed E-state index contributed by atoms with van der Waals surface area (Å²) >= 11 is 0. The van der Waals surface area contributed by atoms with E-state index in [2.05, 4.69) is 18.7 Å². The molecule has 0 aliphatic heterocycles. The lowest BCUT2D eigenvalue weighted by atomic mass is 10.0. The van der Waals surface area contributed by atoms with Gasteiger partial charge in [-0.3, -0.25) is 0 Å². The van der Waals surface area contributed by atoms with Crippen LogP contribution in [-0.2, 0) is 0 Å². The van der Waals surface area contributed by atoms with E-state index in [0.29, 0.717) is 0 Å². The van der Waals surface area contributed by atoms with E-state index in [-0.39, 0.29) is 0 Å². The van der Waals surface area contributed by atoms with E-state index in [1.807, 2.05) is 12.1 Å². The Morgan fingerprint density at radius 3 is 2.38 bits per heavy atom. The second kappa shape index (κ2) is 3.25. The first-order valence-corrected chi connectivity index (χ1v) is 4.64. The van der Waals surface area contributed by atoms with Gasteiger partial charge in [-0.2, -0.15) is 0 Å². The lowest BCUT2D eigenvalue weighted by Gasteiger charge is -2.04. The monoisotopic (exact) mass is 174 g/mol. The minimum Gasteiger partial charge on any atom is -0.497 e. The van der Waals surface area contributed by atoms with Crippen LogP contribution in [0.1, 0.15) is 18.4 Å². The van der Waals surface area contributed by atoms with Crippen molar-refractivity contribution in [3.8, 4) is 5.75 Å². The third-order valence-corrected chi connectivity index (χ3v) is 2.53. The number of allylic oxidation sites excluding steroid dienone is 1. The van der Waals surface area contributed by atoms with Gasteiger partial charge in [0, 0.05) is 0 Å².